The fourth-order valence-electron chi connectivity index (χ4n) is 2.49. The van der Waals surface area contributed by atoms with Crippen LogP contribution in [0.4, 0.5) is 13.6 Å². The molecule has 0 radical (unpaired) electrons. The van der Waals surface area contributed by atoms with Crippen molar-refractivity contribution in [2.75, 3.05) is 6.61 Å². The minimum Gasteiger partial charge on any atom is -0.434 e. The molecular weight excluding hydrogens is 302 g/mol. The molecule has 0 heterocycles. The van der Waals surface area contributed by atoms with Crippen LogP contribution in [0.25, 0.3) is 21.5 Å². The maximum Gasteiger partial charge on any atom is 0.513 e. The van der Waals surface area contributed by atoms with Crippen LogP contribution in [0.15, 0.2) is 42.5 Å². The lowest BCUT2D eigenvalue weighted by molar-refractivity contribution is 0.100. The van der Waals surface area contributed by atoms with E-state index in [-0.39, 0.29) is 23.1 Å². The first-order valence-corrected chi connectivity index (χ1v) is 7.26. The number of hydrogen-bond acceptors (Lipinski definition) is 3. The third-order valence-corrected chi connectivity index (χ3v) is 3.47. The van der Waals surface area contributed by atoms with Crippen molar-refractivity contribution in [2.24, 2.45) is 0 Å². The van der Waals surface area contributed by atoms with Crippen LogP contribution in [0.2, 0.25) is 0 Å². The maximum atomic E-state index is 14.3. The lowest BCUT2D eigenvalue weighted by Crippen LogP contribution is -2.12. The summed E-state index contributed by atoms with van der Waals surface area (Å²) in [6, 6.07) is 10.6. The van der Waals surface area contributed by atoms with Gasteiger partial charge in [-0.15, -0.1) is 0 Å². The molecule has 0 aliphatic rings. The Balaban J connectivity index is 2.26. The van der Waals surface area contributed by atoms with E-state index in [0.717, 1.165) is 0 Å². The second-order valence-electron chi connectivity index (χ2n) is 5.08. The molecule has 0 atom stereocenters. The molecule has 3 rings (SSSR count). The summed E-state index contributed by atoms with van der Waals surface area (Å²) >= 11 is 0. The van der Waals surface area contributed by atoms with Gasteiger partial charge in [0.15, 0.2) is 5.75 Å². The lowest BCUT2D eigenvalue weighted by Gasteiger charge is -2.13. The van der Waals surface area contributed by atoms with Crippen molar-refractivity contribution in [3.05, 3.63) is 54.1 Å². The SMILES string of the molecule is CCCOC(=O)Oc1c2c(F)cccc2cc2cccc(F)c12. The Kier molecular flexibility index (Phi) is 4.10. The molecule has 0 aliphatic carbocycles. The van der Waals surface area contributed by atoms with Crippen LogP contribution in [-0.4, -0.2) is 12.8 Å². The first kappa shape index (κ1) is 15.2. The normalized spacial score (nSPS) is 10.9. The minimum absolute atomic E-state index is 0.0542. The molecule has 3 nitrogen and oxygen atoms in total. The highest BCUT2D eigenvalue weighted by Gasteiger charge is 2.19. The van der Waals surface area contributed by atoms with Gasteiger partial charge in [0.05, 0.1) is 17.4 Å². The van der Waals surface area contributed by atoms with E-state index < -0.39 is 17.8 Å². The monoisotopic (exact) mass is 316 g/mol. The van der Waals surface area contributed by atoms with Crippen LogP contribution in [-0.2, 0) is 4.74 Å². The van der Waals surface area contributed by atoms with Gasteiger partial charge in [-0.05, 0) is 35.4 Å². The summed E-state index contributed by atoms with van der Waals surface area (Å²) in [6.07, 6.45) is -0.360. The zero-order valence-corrected chi connectivity index (χ0v) is 12.4. The fourth-order valence-corrected chi connectivity index (χ4v) is 2.49. The largest absolute Gasteiger partial charge is 0.513 e. The molecular formula is C18H14F2O3. The van der Waals surface area contributed by atoms with Crippen molar-refractivity contribution >= 4 is 27.7 Å². The van der Waals surface area contributed by atoms with Crippen molar-refractivity contribution in [1.82, 2.24) is 0 Å². The molecule has 23 heavy (non-hydrogen) atoms. The summed E-state index contributed by atoms with van der Waals surface area (Å²) in [5.74, 6) is -1.34. The van der Waals surface area contributed by atoms with Gasteiger partial charge in [0.25, 0.3) is 0 Å². The standard InChI is InChI=1S/C18H14F2O3/c1-2-9-22-18(21)23-17-15-11(5-3-7-13(15)19)10-12-6-4-8-14(20)16(12)17/h3-8,10H,2,9H2,1H3. The Labute approximate surface area is 131 Å². The van der Waals surface area contributed by atoms with Gasteiger partial charge in [-0.25, -0.2) is 13.6 Å². The topological polar surface area (TPSA) is 35.5 Å². The zero-order chi connectivity index (χ0) is 16.4. The second-order valence-corrected chi connectivity index (χ2v) is 5.08. The maximum absolute atomic E-state index is 14.3. The van der Waals surface area contributed by atoms with Gasteiger partial charge in [-0.3, -0.25) is 0 Å². The van der Waals surface area contributed by atoms with Gasteiger partial charge in [-0.1, -0.05) is 31.2 Å². The number of ether oxygens (including phenoxy) is 2. The molecule has 0 fully saturated rings. The zero-order valence-electron chi connectivity index (χ0n) is 12.4. The number of fused-ring (bicyclic) bond motifs is 2. The van der Waals surface area contributed by atoms with Crippen molar-refractivity contribution in [2.45, 2.75) is 13.3 Å². The smallest absolute Gasteiger partial charge is 0.434 e. The third-order valence-electron chi connectivity index (χ3n) is 3.47. The van der Waals surface area contributed by atoms with E-state index in [2.05, 4.69) is 0 Å². The van der Waals surface area contributed by atoms with Crippen LogP contribution in [0.5, 0.6) is 5.75 Å². The fraction of sp³-hybridized carbons (Fsp3) is 0.167. The Hall–Kier alpha value is -2.69. The lowest BCUT2D eigenvalue weighted by atomic mass is 10.0. The average molecular weight is 316 g/mol. The number of benzene rings is 3. The minimum atomic E-state index is -0.979. The number of rotatable bonds is 3. The van der Waals surface area contributed by atoms with E-state index in [4.69, 9.17) is 9.47 Å². The molecule has 0 aromatic heterocycles. The molecule has 0 amide bonds. The molecule has 0 unspecified atom stereocenters. The molecule has 0 spiro atoms. The quantitative estimate of drug-likeness (QED) is 0.378. The Morgan fingerprint density at radius 1 is 1.00 bits per heavy atom. The number of carbonyl (C=O) groups excluding carboxylic acids is 1. The van der Waals surface area contributed by atoms with E-state index >= 15 is 0 Å². The second kappa shape index (κ2) is 6.20. The van der Waals surface area contributed by atoms with Crippen LogP contribution in [0.1, 0.15) is 13.3 Å². The van der Waals surface area contributed by atoms with E-state index in [9.17, 15) is 13.6 Å². The molecule has 3 aromatic rings. The van der Waals surface area contributed by atoms with Gasteiger partial charge < -0.3 is 9.47 Å². The molecule has 3 aromatic carbocycles. The highest BCUT2D eigenvalue weighted by atomic mass is 19.1. The van der Waals surface area contributed by atoms with Gasteiger partial charge >= 0.3 is 6.16 Å². The summed E-state index contributed by atoms with van der Waals surface area (Å²) < 4.78 is 38.5. The van der Waals surface area contributed by atoms with Gasteiger partial charge in [0.2, 0.25) is 0 Å². The number of halogens is 2. The molecule has 118 valence electrons. The average Bonchev–Trinajstić information content (AvgIpc) is 2.52. The Morgan fingerprint density at radius 2 is 1.57 bits per heavy atom. The van der Waals surface area contributed by atoms with Crippen LogP contribution >= 0.6 is 0 Å². The van der Waals surface area contributed by atoms with Gasteiger partial charge in [-0.2, -0.15) is 0 Å². The van der Waals surface area contributed by atoms with E-state index in [0.29, 0.717) is 17.2 Å². The Morgan fingerprint density at radius 3 is 2.09 bits per heavy atom. The summed E-state index contributed by atoms with van der Waals surface area (Å²) in [5.41, 5.74) is 0. The number of hydrogen-bond donors (Lipinski definition) is 0. The van der Waals surface area contributed by atoms with Crippen molar-refractivity contribution in [3.8, 4) is 5.75 Å². The summed E-state index contributed by atoms with van der Waals surface area (Å²) in [6.45, 7) is 2.01. The molecule has 5 heteroatoms. The predicted octanol–water partition coefficient (Wildman–Crippen LogP) is 5.20. The van der Waals surface area contributed by atoms with Crippen molar-refractivity contribution in [3.63, 3.8) is 0 Å². The van der Waals surface area contributed by atoms with Gasteiger partial charge in [0, 0.05) is 0 Å². The summed E-state index contributed by atoms with van der Waals surface area (Å²) in [7, 11) is 0. The first-order chi connectivity index (χ1) is 11.1. The van der Waals surface area contributed by atoms with Gasteiger partial charge in [0.1, 0.15) is 11.6 Å². The van der Waals surface area contributed by atoms with Crippen molar-refractivity contribution < 1.29 is 23.0 Å². The van der Waals surface area contributed by atoms with E-state index in [1.807, 2.05) is 6.92 Å². The Bertz CT molecular complexity index is 830. The highest BCUT2D eigenvalue weighted by Crippen LogP contribution is 2.38. The number of carbonyl (C=O) groups is 1. The first-order valence-electron chi connectivity index (χ1n) is 7.26. The third kappa shape index (κ3) is 2.82. The molecule has 0 saturated carbocycles. The van der Waals surface area contributed by atoms with E-state index in [1.54, 1.807) is 30.3 Å². The molecule has 0 aliphatic heterocycles. The summed E-state index contributed by atoms with van der Waals surface area (Å²) in [5, 5.41) is 1.14. The van der Waals surface area contributed by atoms with E-state index in [1.165, 1.54) is 12.1 Å². The molecule has 0 saturated heterocycles. The van der Waals surface area contributed by atoms with Crippen molar-refractivity contribution in [1.29, 1.82) is 0 Å². The summed E-state index contributed by atoms with van der Waals surface area (Å²) in [4.78, 5) is 11.8. The highest BCUT2D eigenvalue weighted by molar-refractivity contribution is 6.06. The molecule has 0 bridgehead atoms. The van der Waals surface area contributed by atoms with Crippen LogP contribution in [0, 0.1) is 11.6 Å². The predicted molar refractivity (Wildman–Crippen MR) is 83.6 cm³/mol. The van der Waals surface area contributed by atoms with Crippen LogP contribution < -0.4 is 4.74 Å². The van der Waals surface area contributed by atoms with Crippen LogP contribution in [0.3, 0.4) is 0 Å². The molecule has 0 N–H and O–H groups in total.